The fourth-order valence-electron chi connectivity index (χ4n) is 1.19. The summed E-state index contributed by atoms with van der Waals surface area (Å²) in [6.07, 6.45) is -1.80. The van der Waals surface area contributed by atoms with E-state index in [4.69, 9.17) is 15.7 Å². The monoisotopic (exact) mass is 213 g/mol. The zero-order valence-corrected chi connectivity index (χ0v) is 8.00. The number of pyridine rings is 1. The number of hydrogen-bond acceptors (Lipinski definition) is 4. The van der Waals surface area contributed by atoms with Crippen molar-refractivity contribution >= 4 is 0 Å². The van der Waals surface area contributed by atoms with Crippen LogP contribution in [0.5, 0.6) is 5.75 Å². The zero-order chi connectivity index (χ0) is 11.4. The standard InChI is InChI=1S/C9H9F2N3O/c1-15-8-5(2-12)6(9(10)11)4-14-7(8)3-13/h4,9H,3,13H2,1H3. The molecule has 0 unspecified atom stereocenters. The third-order valence-corrected chi connectivity index (χ3v) is 1.88. The van der Waals surface area contributed by atoms with Crippen molar-refractivity contribution in [2.75, 3.05) is 7.11 Å². The van der Waals surface area contributed by atoms with Gasteiger partial charge in [-0.3, -0.25) is 4.98 Å². The molecule has 6 heteroatoms. The molecule has 1 heterocycles. The maximum absolute atomic E-state index is 12.5. The van der Waals surface area contributed by atoms with Crippen LogP contribution in [0.3, 0.4) is 0 Å². The molecule has 1 aromatic heterocycles. The molecular formula is C9H9F2N3O. The van der Waals surface area contributed by atoms with E-state index < -0.39 is 12.0 Å². The van der Waals surface area contributed by atoms with Gasteiger partial charge in [0.1, 0.15) is 11.6 Å². The predicted octanol–water partition coefficient (Wildman–Crippen LogP) is 1.36. The Labute approximate surface area is 85.3 Å². The first kappa shape index (κ1) is 11.3. The Balaban J connectivity index is 3.43. The van der Waals surface area contributed by atoms with Gasteiger partial charge in [-0.05, 0) is 0 Å². The summed E-state index contributed by atoms with van der Waals surface area (Å²) in [7, 11) is 1.28. The van der Waals surface area contributed by atoms with Crippen LogP contribution in [0.2, 0.25) is 0 Å². The average molecular weight is 213 g/mol. The molecule has 1 rings (SSSR count). The number of nitrogens with zero attached hydrogens (tertiary/aromatic N) is 2. The summed E-state index contributed by atoms with van der Waals surface area (Å²) in [6.45, 7) is 0.0291. The first-order valence-electron chi connectivity index (χ1n) is 4.09. The van der Waals surface area contributed by atoms with Crippen LogP contribution in [0.4, 0.5) is 8.78 Å². The van der Waals surface area contributed by atoms with Crippen molar-refractivity contribution in [2.45, 2.75) is 13.0 Å². The molecule has 80 valence electrons. The number of nitrogens with two attached hydrogens (primary N) is 1. The Morgan fingerprint density at radius 2 is 2.33 bits per heavy atom. The average Bonchev–Trinajstić information content (AvgIpc) is 2.26. The van der Waals surface area contributed by atoms with Crippen LogP contribution in [0.15, 0.2) is 6.20 Å². The molecule has 0 aliphatic carbocycles. The number of methoxy groups -OCH3 is 1. The van der Waals surface area contributed by atoms with Crippen molar-refractivity contribution in [3.63, 3.8) is 0 Å². The van der Waals surface area contributed by atoms with Gasteiger partial charge in [-0.25, -0.2) is 8.78 Å². The summed E-state index contributed by atoms with van der Waals surface area (Å²) in [4.78, 5) is 3.72. The number of alkyl halides is 2. The van der Waals surface area contributed by atoms with Gasteiger partial charge in [-0.2, -0.15) is 5.26 Å². The molecule has 15 heavy (non-hydrogen) atoms. The Morgan fingerprint density at radius 3 is 2.73 bits per heavy atom. The first-order chi connectivity index (χ1) is 7.15. The molecule has 0 radical (unpaired) electrons. The van der Waals surface area contributed by atoms with E-state index in [9.17, 15) is 8.78 Å². The van der Waals surface area contributed by atoms with Crippen LogP contribution in [0.1, 0.15) is 23.2 Å². The molecule has 0 amide bonds. The molecule has 2 N–H and O–H groups in total. The van der Waals surface area contributed by atoms with E-state index in [1.165, 1.54) is 7.11 Å². The molecule has 0 spiro atoms. The molecule has 0 saturated carbocycles. The molecule has 0 fully saturated rings. The van der Waals surface area contributed by atoms with Crippen molar-refractivity contribution in [3.05, 3.63) is 23.0 Å². The molecule has 0 aliphatic heterocycles. The lowest BCUT2D eigenvalue weighted by molar-refractivity contribution is 0.150. The lowest BCUT2D eigenvalue weighted by Crippen LogP contribution is -2.07. The summed E-state index contributed by atoms with van der Waals surface area (Å²) in [6, 6.07) is 1.67. The summed E-state index contributed by atoms with van der Waals surface area (Å²) in [5.74, 6) is 0.0257. The first-order valence-corrected chi connectivity index (χ1v) is 4.09. The molecule has 0 saturated heterocycles. The SMILES string of the molecule is COc1c(CN)ncc(C(F)F)c1C#N. The minimum absolute atomic E-state index is 0.0257. The maximum atomic E-state index is 12.5. The Hall–Kier alpha value is -1.74. The normalized spacial score (nSPS) is 10.1. The lowest BCUT2D eigenvalue weighted by atomic mass is 10.1. The van der Waals surface area contributed by atoms with Gasteiger partial charge in [0.05, 0.1) is 18.4 Å². The minimum atomic E-state index is -2.76. The Morgan fingerprint density at radius 1 is 1.67 bits per heavy atom. The molecule has 0 aliphatic rings. The molecule has 0 aromatic carbocycles. The fourth-order valence-corrected chi connectivity index (χ4v) is 1.19. The highest BCUT2D eigenvalue weighted by atomic mass is 19.3. The summed E-state index contributed by atoms with van der Waals surface area (Å²) in [5, 5.41) is 8.77. The van der Waals surface area contributed by atoms with Gasteiger partial charge in [0, 0.05) is 12.7 Å². The van der Waals surface area contributed by atoms with Crippen molar-refractivity contribution in [3.8, 4) is 11.8 Å². The van der Waals surface area contributed by atoms with Crippen molar-refractivity contribution in [1.29, 1.82) is 5.26 Å². The van der Waals surface area contributed by atoms with Crippen LogP contribution < -0.4 is 10.5 Å². The zero-order valence-electron chi connectivity index (χ0n) is 8.00. The Kier molecular flexibility index (Phi) is 3.52. The third kappa shape index (κ3) is 2.02. The number of hydrogen-bond donors (Lipinski definition) is 1. The van der Waals surface area contributed by atoms with Gasteiger partial charge < -0.3 is 10.5 Å². The van der Waals surface area contributed by atoms with Gasteiger partial charge in [0.15, 0.2) is 5.75 Å². The Bertz CT molecular complexity index is 401. The van der Waals surface area contributed by atoms with E-state index in [-0.39, 0.29) is 17.9 Å². The number of aromatic nitrogens is 1. The van der Waals surface area contributed by atoms with Crippen LogP contribution in [0, 0.1) is 11.3 Å². The largest absolute Gasteiger partial charge is 0.493 e. The van der Waals surface area contributed by atoms with Gasteiger partial charge in [-0.1, -0.05) is 0 Å². The van der Waals surface area contributed by atoms with Crippen molar-refractivity contribution in [1.82, 2.24) is 4.98 Å². The van der Waals surface area contributed by atoms with Crippen molar-refractivity contribution < 1.29 is 13.5 Å². The number of ether oxygens (including phenoxy) is 1. The van der Waals surface area contributed by atoms with E-state index in [0.29, 0.717) is 5.69 Å². The number of rotatable bonds is 3. The van der Waals surface area contributed by atoms with Gasteiger partial charge in [-0.15, -0.1) is 0 Å². The van der Waals surface area contributed by atoms with E-state index >= 15 is 0 Å². The van der Waals surface area contributed by atoms with Gasteiger partial charge >= 0.3 is 0 Å². The smallest absolute Gasteiger partial charge is 0.266 e. The van der Waals surface area contributed by atoms with Crippen molar-refractivity contribution in [2.24, 2.45) is 5.73 Å². The maximum Gasteiger partial charge on any atom is 0.266 e. The minimum Gasteiger partial charge on any atom is -0.493 e. The highest BCUT2D eigenvalue weighted by molar-refractivity contribution is 5.50. The van der Waals surface area contributed by atoms with Gasteiger partial charge in [0.2, 0.25) is 0 Å². The van der Waals surface area contributed by atoms with E-state index in [1.807, 2.05) is 0 Å². The van der Waals surface area contributed by atoms with Crippen LogP contribution in [0.25, 0.3) is 0 Å². The molecule has 0 atom stereocenters. The second-order valence-electron chi connectivity index (χ2n) is 2.69. The van der Waals surface area contributed by atoms with Gasteiger partial charge in [0.25, 0.3) is 6.43 Å². The quantitative estimate of drug-likeness (QED) is 0.822. The number of nitriles is 1. The fraction of sp³-hybridized carbons (Fsp3) is 0.333. The van der Waals surface area contributed by atoms with E-state index in [0.717, 1.165) is 6.20 Å². The molecule has 1 aromatic rings. The molecular weight excluding hydrogens is 204 g/mol. The molecule has 4 nitrogen and oxygen atoms in total. The second kappa shape index (κ2) is 4.66. The third-order valence-electron chi connectivity index (χ3n) is 1.88. The topological polar surface area (TPSA) is 71.9 Å². The highest BCUT2D eigenvalue weighted by Crippen LogP contribution is 2.30. The van der Waals surface area contributed by atoms with E-state index in [2.05, 4.69) is 4.98 Å². The van der Waals surface area contributed by atoms with Crippen LogP contribution in [-0.2, 0) is 6.54 Å². The summed E-state index contributed by atoms with van der Waals surface area (Å²) in [5.41, 5.74) is 4.98. The highest BCUT2D eigenvalue weighted by Gasteiger charge is 2.20. The lowest BCUT2D eigenvalue weighted by Gasteiger charge is -2.10. The second-order valence-corrected chi connectivity index (χ2v) is 2.69. The van der Waals surface area contributed by atoms with Crippen LogP contribution >= 0.6 is 0 Å². The summed E-state index contributed by atoms with van der Waals surface area (Å²) < 4.78 is 29.8. The van der Waals surface area contributed by atoms with Crippen LogP contribution in [-0.4, -0.2) is 12.1 Å². The predicted molar refractivity (Wildman–Crippen MR) is 48.4 cm³/mol. The van der Waals surface area contributed by atoms with E-state index in [1.54, 1.807) is 6.07 Å². The summed E-state index contributed by atoms with van der Waals surface area (Å²) >= 11 is 0. The molecule has 0 bridgehead atoms. The number of halogens is 2.